The lowest BCUT2D eigenvalue weighted by Gasteiger charge is -2.11. The normalized spacial score (nSPS) is 14.7. The second-order valence-electron chi connectivity index (χ2n) is 7.35. The molecule has 0 spiro atoms. The Labute approximate surface area is 185 Å². The first kappa shape index (κ1) is 21.7. The fourth-order valence-corrected chi connectivity index (χ4v) is 3.49. The quantitative estimate of drug-likeness (QED) is 0.620. The van der Waals surface area contributed by atoms with Crippen molar-refractivity contribution in [2.24, 2.45) is 7.05 Å². The van der Waals surface area contributed by atoms with Crippen molar-refractivity contribution in [3.63, 3.8) is 0 Å². The van der Waals surface area contributed by atoms with Gasteiger partial charge < -0.3 is 10.1 Å². The van der Waals surface area contributed by atoms with Crippen LogP contribution in [0.3, 0.4) is 0 Å². The molecule has 1 aromatic carbocycles. The average Bonchev–Trinajstić information content (AvgIpc) is 3.18. The minimum absolute atomic E-state index is 0.150. The van der Waals surface area contributed by atoms with Gasteiger partial charge in [0.15, 0.2) is 11.4 Å². The molecule has 1 fully saturated rings. The van der Waals surface area contributed by atoms with Crippen LogP contribution in [0.1, 0.15) is 28.8 Å². The molecule has 32 heavy (non-hydrogen) atoms. The highest BCUT2D eigenvalue weighted by Crippen LogP contribution is 2.40. The standard InChI is InChI=1S/C20H16ClF3N6O2/c1-29-18(15(20(22,23)24)17(28-29)32-2)30-9-12(8-26-30)11-3-4-14(21)13(7-11)16(31)27-19(10-25)5-6-19/h3-4,7-9H,5-6H2,1-2H3,(H,27,31). The van der Waals surface area contributed by atoms with E-state index in [4.69, 9.17) is 16.3 Å². The van der Waals surface area contributed by atoms with Gasteiger partial charge in [-0.15, -0.1) is 5.10 Å². The second kappa shape index (κ2) is 7.56. The van der Waals surface area contributed by atoms with E-state index in [1.165, 1.54) is 31.6 Å². The van der Waals surface area contributed by atoms with Crippen LogP contribution in [-0.4, -0.2) is 38.1 Å². The molecule has 1 aliphatic rings. The topological polar surface area (TPSA) is 97.8 Å². The van der Waals surface area contributed by atoms with Crippen LogP contribution in [0.25, 0.3) is 16.9 Å². The Morgan fingerprint density at radius 1 is 1.34 bits per heavy atom. The van der Waals surface area contributed by atoms with Crippen molar-refractivity contribution in [2.45, 2.75) is 24.6 Å². The van der Waals surface area contributed by atoms with Gasteiger partial charge in [-0.05, 0) is 30.5 Å². The monoisotopic (exact) mass is 464 g/mol. The van der Waals surface area contributed by atoms with Crippen molar-refractivity contribution in [1.82, 2.24) is 24.9 Å². The zero-order chi connectivity index (χ0) is 23.3. The SMILES string of the molecule is COc1nn(C)c(-n2cc(-c3ccc(Cl)c(C(=O)NC4(C#N)CC4)c3)cn2)c1C(F)(F)F. The summed E-state index contributed by atoms with van der Waals surface area (Å²) in [7, 11) is 2.45. The number of nitriles is 1. The molecule has 0 atom stereocenters. The molecule has 4 rings (SSSR count). The number of hydrogen-bond donors (Lipinski definition) is 1. The van der Waals surface area contributed by atoms with Crippen LogP contribution < -0.4 is 10.1 Å². The predicted molar refractivity (Wildman–Crippen MR) is 107 cm³/mol. The molecule has 12 heteroatoms. The van der Waals surface area contributed by atoms with E-state index in [1.54, 1.807) is 6.07 Å². The molecule has 1 saturated carbocycles. The van der Waals surface area contributed by atoms with Gasteiger partial charge in [0.2, 0.25) is 5.88 Å². The number of hydrogen-bond acceptors (Lipinski definition) is 5. The van der Waals surface area contributed by atoms with Gasteiger partial charge >= 0.3 is 6.18 Å². The average molecular weight is 465 g/mol. The van der Waals surface area contributed by atoms with Gasteiger partial charge in [0.1, 0.15) is 5.54 Å². The number of methoxy groups -OCH3 is 1. The lowest BCUT2D eigenvalue weighted by Crippen LogP contribution is -2.35. The molecule has 2 aromatic heterocycles. The van der Waals surface area contributed by atoms with Crippen LogP contribution in [0.5, 0.6) is 5.88 Å². The van der Waals surface area contributed by atoms with E-state index in [2.05, 4.69) is 21.6 Å². The molecule has 0 bridgehead atoms. The lowest BCUT2D eigenvalue weighted by molar-refractivity contribution is -0.138. The summed E-state index contributed by atoms with van der Waals surface area (Å²) in [6.45, 7) is 0. The highest BCUT2D eigenvalue weighted by molar-refractivity contribution is 6.34. The zero-order valence-electron chi connectivity index (χ0n) is 16.9. The first-order valence-corrected chi connectivity index (χ1v) is 9.73. The summed E-state index contributed by atoms with van der Waals surface area (Å²) in [5.74, 6) is -1.39. The molecular formula is C20H16ClF3N6O2. The van der Waals surface area contributed by atoms with E-state index in [1.807, 2.05) is 0 Å². The number of alkyl halides is 3. The summed E-state index contributed by atoms with van der Waals surface area (Å²) in [5.41, 5.74) is -0.814. The molecule has 2 heterocycles. The van der Waals surface area contributed by atoms with Gasteiger partial charge in [-0.2, -0.15) is 23.5 Å². The van der Waals surface area contributed by atoms with Gasteiger partial charge in [0.05, 0.1) is 30.0 Å². The van der Waals surface area contributed by atoms with Crippen molar-refractivity contribution in [1.29, 1.82) is 5.26 Å². The van der Waals surface area contributed by atoms with Crippen molar-refractivity contribution >= 4 is 17.5 Å². The van der Waals surface area contributed by atoms with Crippen LogP contribution in [0.2, 0.25) is 5.02 Å². The Balaban J connectivity index is 1.71. The number of carbonyl (C=O) groups is 1. The number of rotatable bonds is 5. The third-order valence-electron chi connectivity index (χ3n) is 5.12. The maximum atomic E-state index is 13.6. The van der Waals surface area contributed by atoms with Crippen LogP contribution in [0, 0.1) is 11.3 Å². The van der Waals surface area contributed by atoms with Gasteiger partial charge in [-0.3, -0.25) is 4.79 Å². The minimum Gasteiger partial charge on any atom is -0.479 e. The second-order valence-corrected chi connectivity index (χ2v) is 7.75. The number of ether oxygens (including phenoxy) is 1. The molecule has 1 amide bonds. The van der Waals surface area contributed by atoms with E-state index in [0.29, 0.717) is 24.0 Å². The summed E-state index contributed by atoms with van der Waals surface area (Å²) >= 11 is 6.17. The number of carbonyl (C=O) groups excluding carboxylic acids is 1. The van der Waals surface area contributed by atoms with Crippen molar-refractivity contribution in [3.05, 3.63) is 46.7 Å². The summed E-state index contributed by atoms with van der Waals surface area (Å²) in [6.07, 6.45) is -0.841. The van der Waals surface area contributed by atoms with E-state index >= 15 is 0 Å². The molecule has 3 aromatic rings. The first-order chi connectivity index (χ1) is 15.1. The largest absolute Gasteiger partial charge is 0.479 e. The number of nitrogens with zero attached hydrogens (tertiary/aromatic N) is 5. The van der Waals surface area contributed by atoms with Crippen LogP contribution in [0.15, 0.2) is 30.6 Å². The minimum atomic E-state index is -4.72. The molecule has 0 saturated heterocycles. The highest BCUT2D eigenvalue weighted by atomic mass is 35.5. The van der Waals surface area contributed by atoms with Crippen molar-refractivity contribution < 1.29 is 22.7 Å². The molecule has 0 radical (unpaired) electrons. The maximum absolute atomic E-state index is 13.6. The van der Waals surface area contributed by atoms with Crippen LogP contribution in [0.4, 0.5) is 13.2 Å². The Morgan fingerprint density at radius 3 is 2.66 bits per heavy atom. The molecular weight excluding hydrogens is 449 g/mol. The smallest absolute Gasteiger partial charge is 0.425 e. The van der Waals surface area contributed by atoms with E-state index in [0.717, 1.165) is 16.5 Å². The maximum Gasteiger partial charge on any atom is 0.425 e. The Morgan fingerprint density at radius 2 is 2.06 bits per heavy atom. The Kier molecular flexibility index (Phi) is 5.13. The molecule has 0 aliphatic heterocycles. The van der Waals surface area contributed by atoms with E-state index in [-0.39, 0.29) is 16.4 Å². The third kappa shape index (κ3) is 3.78. The van der Waals surface area contributed by atoms with Crippen LogP contribution >= 0.6 is 11.6 Å². The lowest BCUT2D eigenvalue weighted by atomic mass is 10.1. The summed E-state index contributed by atoms with van der Waals surface area (Å²) < 4.78 is 47.7. The Hall–Kier alpha value is -3.52. The van der Waals surface area contributed by atoms with Gasteiger partial charge in [0, 0.05) is 18.8 Å². The predicted octanol–water partition coefficient (Wildman–Crippen LogP) is 3.74. The number of amides is 1. The third-order valence-corrected chi connectivity index (χ3v) is 5.45. The summed E-state index contributed by atoms with van der Waals surface area (Å²) in [6, 6.07) is 6.69. The molecule has 166 valence electrons. The molecule has 0 unspecified atom stereocenters. The fraction of sp³-hybridized carbons (Fsp3) is 0.300. The number of benzene rings is 1. The van der Waals surface area contributed by atoms with Crippen molar-refractivity contribution in [2.75, 3.05) is 7.11 Å². The van der Waals surface area contributed by atoms with Crippen LogP contribution in [-0.2, 0) is 13.2 Å². The van der Waals surface area contributed by atoms with E-state index < -0.39 is 29.1 Å². The van der Waals surface area contributed by atoms with Gasteiger partial charge in [-0.25, -0.2) is 9.36 Å². The summed E-state index contributed by atoms with van der Waals surface area (Å²) in [4.78, 5) is 12.6. The number of aryl methyl sites for hydroxylation is 1. The fourth-order valence-electron chi connectivity index (χ4n) is 3.29. The van der Waals surface area contributed by atoms with E-state index in [9.17, 15) is 23.2 Å². The molecule has 1 N–H and O–H groups in total. The molecule has 1 aliphatic carbocycles. The van der Waals surface area contributed by atoms with Gasteiger partial charge in [-0.1, -0.05) is 17.7 Å². The number of aromatic nitrogens is 4. The Bertz CT molecular complexity index is 1250. The van der Waals surface area contributed by atoms with Crippen molar-refractivity contribution in [3.8, 4) is 28.9 Å². The molecule has 8 nitrogen and oxygen atoms in total. The van der Waals surface area contributed by atoms with Gasteiger partial charge in [0.25, 0.3) is 5.91 Å². The number of halogens is 4. The highest BCUT2D eigenvalue weighted by Gasteiger charge is 2.45. The number of nitrogens with one attached hydrogen (secondary N) is 1. The zero-order valence-corrected chi connectivity index (χ0v) is 17.6. The summed E-state index contributed by atoms with van der Waals surface area (Å²) in [5, 5.41) is 19.9. The first-order valence-electron chi connectivity index (χ1n) is 9.35.